The molecule has 0 bridgehead atoms. The average molecular weight is 285 g/mol. The minimum Gasteiger partial charge on any atom is -0.478 e. The Morgan fingerprint density at radius 3 is 2.67 bits per heavy atom. The number of hydrogen-bond donors (Lipinski definition) is 1. The lowest BCUT2D eigenvalue weighted by molar-refractivity contribution is 0.0699. The Hall–Kier alpha value is -1.90. The average Bonchev–Trinajstić information content (AvgIpc) is 2.50. The number of fused-ring (bicyclic) bond motifs is 1. The number of hydrogen-bond acceptors (Lipinski definition) is 2. The van der Waals surface area contributed by atoms with E-state index in [1.165, 1.54) is 19.3 Å². The van der Waals surface area contributed by atoms with Crippen molar-refractivity contribution in [3.8, 4) is 0 Å². The Kier molecular flexibility index (Phi) is 5.32. The molecule has 0 spiro atoms. The quantitative estimate of drug-likeness (QED) is 0.728. The van der Waals surface area contributed by atoms with Gasteiger partial charge in [-0.2, -0.15) is 0 Å². The van der Waals surface area contributed by atoms with Crippen molar-refractivity contribution in [2.45, 2.75) is 51.9 Å². The molecule has 0 amide bonds. The van der Waals surface area contributed by atoms with Crippen LogP contribution in [-0.2, 0) is 0 Å². The zero-order valence-electron chi connectivity index (χ0n) is 12.8. The van der Waals surface area contributed by atoms with Gasteiger partial charge in [-0.25, -0.2) is 4.79 Å². The van der Waals surface area contributed by atoms with Gasteiger partial charge in [0, 0.05) is 17.0 Å². The minimum atomic E-state index is -0.877. The zero-order valence-corrected chi connectivity index (χ0v) is 12.8. The van der Waals surface area contributed by atoms with E-state index in [1.54, 1.807) is 6.07 Å². The summed E-state index contributed by atoms with van der Waals surface area (Å²) in [7, 11) is 0. The van der Waals surface area contributed by atoms with Crippen LogP contribution in [0.25, 0.3) is 10.9 Å². The fourth-order valence-electron chi connectivity index (χ4n) is 2.78. The van der Waals surface area contributed by atoms with E-state index in [-0.39, 0.29) is 0 Å². The number of para-hydroxylation sites is 1. The van der Waals surface area contributed by atoms with Gasteiger partial charge in [-0.1, -0.05) is 51.3 Å². The first-order valence-electron chi connectivity index (χ1n) is 7.80. The molecule has 0 aliphatic carbocycles. The van der Waals surface area contributed by atoms with Gasteiger partial charge in [0.1, 0.15) is 0 Å². The van der Waals surface area contributed by atoms with Crippen LogP contribution in [0.4, 0.5) is 0 Å². The number of nitrogens with zero attached hydrogens (tertiary/aromatic N) is 1. The Labute approximate surface area is 126 Å². The summed E-state index contributed by atoms with van der Waals surface area (Å²) in [6.07, 6.45) is 5.66. The topological polar surface area (TPSA) is 50.2 Å². The largest absolute Gasteiger partial charge is 0.478 e. The molecule has 0 aliphatic rings. The van der Waals surface area contributed by atoms with Gasteiger partial charge in [-0.3, -0.25) is 4.98 Å². The first-order chi connectivity index (χ1) is 10.2. The molecule has 1 N–H and O–H groups in total. The highest BCUT2D eigenvalue weighted by Gasteiger charge is 2.16. The van der Waals surface area contributed by atoms with E-state index in [1.807, 2.05) is 24.3 Å². The van der Waals surface area contributed by atoms with Gasteiger partial charge < -0.3 is 5.11 Å². The van der Waals surface area contributed by atoms with Crippen LogP contribution in [0.2, 0.25) is 0 Å². The van der Waals surface area contributed by atoms with E-state index in [0.717, 1.165) is 29.4 Å². The fraction of sp³-hybridized carbons (Fsp3) is 0.444. The summed E-state index contributed by atoms with van der Waals surface area (Å²) in [6, 6.07) is 9.25. The second-order valence-electron chi connectivity index (χ2n) is 5.52. The normalized spacial score (nSPS) is 12.5. The van der Waals surface area contributed by atoms with Gasteiger partial charge in [0.15, 0.2) is 0 Å². The Morgan fingerprint density at radius 1 is 1.24 bits per heavy atom. The van der Waals surface area contributed by atoms with E-state index in [4.69, 9.17) is 4.98 Å². The maximum Gasteiger partial charge on any atom is 0.336 e. The highest BCUT2D eigenvalue weighted by Crippen LogP contribution is 2.28. The SMILES string of the molecule is CCCCCC(CC)c1cc(C(=O)O)c2ccccc2n1. The molecular weight excluding hydrogens is 262 g/mol. The third kappa shape index (κ3) is 3.60. The lowest BCUT2D eigenvalue weighted by atomic mass is 9.93. The van der Waals surface area contributed by atoms with Gasteiger partial charge in [-0.15, -0.1) is 0 Å². The molecule has 0 aliphatic heterocycles. The number of carbonyl (C=O) groups is 1. The van der Waals surface area contributed by atoms with Crippen molar-refractivity contribution in [1.82, 2.24) is 4.98 Å². The minimum absolute atomic E-state index is 0.347. The number of carboxylic acid groups (broad SMARTS) is 1. The fourth-order valence-corrected chi connectivity index (χ4v) is 2.78. The van der Waals surface area contributed by atoms with Gasteiger partial charge >= 0.3 is 5.97 Å². The summed E-state index contributed by atoms with van der Waals surface area (Å²) in [5.41, 5.74) is 2.07. The van der Waals surface area contributed by atoms with E-state index in [9.17, 15) is 9.90 Å². The van der Waals surface area contributed by atoms with Gasteiger partial charge in [0.2, 0.25) is 0 Å². The number of benzene rings is 1. The van der Waals surface area contributed by atoms with E-state index in [0.29, 0.717) is 11.5 Å². The van der Waals surface area contributed by atoms with Crippen molar-refractivity contribution in [3.05, 3.63) is 41.6 Å². The van der Waals surface area contributed by atoms with Crippen molar-refractivity contribution in [3.63, 3.8) is 0 Å². The molecule has 112 valence electrons. The molecule has 21 heavy (non-hydrogen) atoms. The number of pyridine rings is 1. The molecular formula is C18H23NO2. The van der Waals surface area contributed by atoms with Crippen LogP contribution >= 0.6 is 0 Å². The predicted molar refractivity (Wildman–Crippen MR) is 85.9 cm³/mol. The number of rotatable bonds is 7. The molecule has 0 radical (unpaired) electrons. The summed E-state index contributed by atoms with van der Waals surface area (Å²) in [5, 5.41) is 10.2. The highest BCUT2D eigenvalue weighted by molar-refractivity contribution is 6.02. The molecule has 2 rings (SSSR count). The molecule has 3 nitrogen and oxygen atoms in total. The van der Waals surface area contributed by atoms with E-state index >= 15 is 0 Å². The molecule has 1 aromatic heterocycles. The summed E-state index contributed by atoms with van der Waals surface area (Å²) >= 11 is 0. The number of carboxylic acids is 1. The van der Waals surface area contributed by atoms with Crippen LogP contribution in [0.15, 0.2) is 30.3 Å². The van der Waals surface area contributed by atoms with Crippen molar-refractivity contribution < 1.29 is 9.90 Å². The molecule has 1 atom stereocenters. The Bertz CT molecular complexity index is 622. The summed E-state index contributed by atoms with van der Waals surface area (Å²) < 4.78 is 0. The first kappa shape index (κ1) is 15.5. The van der Waals surface area contributed by atoms with E-state index < -0.39 is 5.97 Å². The third-order valence-electron chi connectivity index (χ3n) is 4.03. The zero-order chi connectivity index (χ0) is 15.2. The van der Waals surface area contributed by atoms with Crippen LogP contribution in [-0.4, -0.2) is 16.1 Å². The van der Waals surface area contributed by atoms with Gasteiger partial charge in [0.05, 0.1) is 11.1 Å². The summed E-state index contributed by atoms with van der Waals surface area (Å²) in [5.74, 6) is -0.530. The first-order valence-corrected chi connectivity index (χ1v) is 7.80. The Morgan fingerprint density at radius 2 is 2.00 bits per heavy atom. The van der Waals surface area contributed by atoms with Crippen molar-refractivity contribution in [2.75, 3.05) is 0 Å². The van der Waals surface area contributed by atoms with Crippen molar-refractivity contribution >= 4 is 16.9 Å². The Balaban J connectivity index is 2.41. The third-order valence-corrected chi connectivity index (χ3v) is 4.03. The maximum absolute atomic E-state index is 11.5. The number of unbranched alkanes of at least 4 members (excludes halogenated alkanes) is 2. The molecule has 1 aromatic carbocycles. The van der Waals surface area contributed by atoms with Crippen LogP contribution < -0.4 is 0 Å². The van der Waals surface area contributed by atoms with Crippen LogP contribution in [0, 0.1) is 0 Å². The van der Waals surface area contributed by atoms with Crippen LogP contribution in [0.5, 0.6) is 0 Å². The van der Waals surface area contributed by atoms with Gasteiger partial charge in [0.25, 0.3) is 0 Å². The van der Waals surface area contributed by atoms with Crippen LogP contribution in [0.1, 0.15) is 67.9 Å². The molecule has 0 fully saturated rings. The van der Waals surface area contributed by atoms with Crippen molar-refractivity contribution in [2.24, 2.45) is 0 Å². The molecule has 3 heteroatoms. The monoisotopic (exact) mass is 285 g/mol. The van der Waals surface area contributed by atoms with Crippen LogP contribution in [0.3, 0.4) is 0 Å². The van der Waals surface area contributed by atoms with Crippen molar-refractivity contribution in [1.29, 1.82) is 0 Å². The lowest BCUT2D eigenvalue weighted by Gasteiger charge is -2.16. The second kappa shape index (κ2) is 7.21. The lowest BCUT2D eigenvalue weighted by Crippen LogP contribution is -2.06. The molecule has 0 saturated heterocycles. The van der Waals surface area contributed by atoms with E-state index in [2.05, 4.69) is 13.8 Å². The molecule has 0 saturated carbocycles. The molecule has 2 aromatic rings. The predicted octanol–water partition coefficient (Wildman–Crippen LogP) is 5.01. The molecule has 1 unspecified atom stereocenters. The summed E-state index contributed by atoms with van der Waals surface area (Å²) in [4.78, 5) is 16.2. The number of aromatic nitrogens is 1. The number of aromatic carboxylic acids is 1. The maximum atomic E-state index is 11.5. The molecule has 1 heterocycles. The second-order valence-corrected chi connectivity index (χ2v) is 5.52. The summed E-state index contributed by atoms with van der Waals surface area (Å²) in [6.45, 7) is 4.34. The smallest absolute Gasteiger partial charge is 0.336 e. The van der Waals surface area contributed by atoms with Gasteiger partial charge in [-0.05, 0) is 25.0 Å². The highest BCUT2D eigenvalue weighted by atomic mass is 16.4. The standard InChI is InChI=1S/C18H23NO2/c1-3-5-6-9-13(4-2)17-12-15(18(20)21)14-10-7-8-11-16(14)19-17/h7-8,10-13H,3-6,9H2,1-2H3,(H,20,21).